The molecular formula is C15H26Cl2N2O3. The fourth-order valence-corrected chi connectivity index (χ4v) is 2.72. The molecule has 0 aromatic heterocycles. The van der Waals surface area contributed by atoms with Gasteiger partial charge in [-0.25, -0.2) is 0 Å². The summed E-state index contributed by atoms with van der Waals surface area (Å²) in [6.07, 6.45) is 0. The Balaban J connectivity index is 0.00000220. The zero-order chi connectivity index (χ0) is 14.5. The van der Waals surface area contributed by atoms with Gasteiger partial charge < -0.3 is 19.5 Å². The summed E-state index contributed by atoms with van der Waals surface area (Å²) >= 11 is 0. The van der Waals surface area contributed by atoms with E-state index in [0.717, 1.165) is 37.5 Å². The van der Waals surface area contributed by atoms with Crippen LogP contribution < -0.4 is 19.5 Å². The van der Waals surface area contributed by atoms with Crippen molar-refractivity contribution < 1.29 is 14.2 Å². The number of nitrogens with one attached hydrogen (secondary N) is 1. The Morgan fingerprint density at radius 3 is 2.05 bits per heavy atom. The quantitative estimate of drug-likeness (QED) is 0.881. The maximum absolute atomic E-state index is 5.57. The highest BCUT2D eigenvalue weighted by Gasteiger charge is 2.24. The van der Waals surface area contributed by atoms with E-state index in [-0.39, 0.29) is 30.9 Å². The molecule has 5 nitrogen and oxygen atoms in total. The molecule has 1 aliphatic heterocycles. The Labute approximate surface area is 145 Å². The lowest BCUT2D eigenvalue weighted by Gasteiger charge is -2.34. The molecular weight excluding hydrogens is 327 g/mol. The van der Waals surface area contributed by atoms with Crippen LogP contribution in [-0.4, -0.2) is 52.4 Å². The number of piperazine rings is 1. The minimum absolute atomic E-state index is 0. The van der Waals surface area contributed by atoms with Gasteiger partial charge in [0, 0.05) is 37.8 Å². The molecule has 0 aliphatic carbocycles. The van der Waals surface area contributed by atoms with Crippen molar-refractivity contribution in [3.8, 4) is 17.2 Å². The van der Waals surface area contributed by atoms with Crippen molar-refractivity contribution in [2.75, 3.05) is 47.5 Å². The van der Waals surface area contributed by atoms with Crippen LogP contribution >= 0.6 is 24.8 Å². The third kappa shape index (κ3) is 4.32. The number of ether oxygens (including phenoxy) is 3. The molecule has 1 atom stereocenters. The lowest BCUT2D eigenvalue weighted by Crippen LogP contribution is -2.44. The molecule has 0 bridgehead atoms. The van der Waals surface area contributed by atoms with Crippen LogP contribution in [0.2, 0.25) is 0 Å². The van der Waals surface area contributed by atoms with Crippen molar-refractivity contribution >= 4 is 24.8 Å². The Hall–Kier alpha value is -0.880. The molecule has 7 heteroatoms. The minimum Gasteiger partial charge on any atom is -0.493 e. The van der Waals surface area contributed by atoms with Crippen molar-refractivity contribution in [2.45, 2.75) is 13.0 Å². The second-order valence-electron chi connectivity index (χ2n) is 4.89. The molecule has 1 heterocycles. The third-order valence-corrected chi connectivity index (χ3v) is 3.88. The zero-order valence-electron chi connectivity index (χ0n) is 13.5. The normalized spacial score (nSPS) is 16.0. The Morgan fingerprint density at radius 2 is 1.55 bits per heavy atom. The summed E-state index contributed by atoms with van der Waals surface area (Å²) in [6, 6.07) is 4.29. The molecule has 1 fully saturated rings. The van der Waals surface area contributed by atoms with Gasteiger partial charge in [-0.1, -0.05) is 0 Å². The molecule has 128 valence electrons. The van der Waals surface area contributed by atoms with Crippen molar-refractivity contribution in [2.24, 2.45) is 0 Å². The molecule has 1 N–H and O–H groups in total. The second kappa shape index (κ2) is 10.0. The van der Waals surface area contributed by atoms with E-state index < -0.39 is 0 Å². The molecule has 0 amide bonds. The number of rotatable bonds is 5. The van der Waals surface area contributed by atoms with Gasteiger partial charge in [0.25, 0.3) is 0 Å². The SMILES string of the molecule is COc1ccc([C@@H](C)N2CCNCC2)c(OC)c1OC.Cl.Cl. The van der Waals surface area contributed by atoms with E-state index in [0.29, 0.717) is 11.5 Å². The van der Waals surface area contributed by atoms with Crippen LogP contribution in [0.25, 0.3) is 0 Å². The first-order chi connectivity index (χ1) is 9.72. The van der Waals surface area contributed by atoms with Gasteiger partial charge >= 0.3 is 0 Å². The van der Waals surface area contributed by atoms with Crippen molar-refractivity contribution in [3.05, 3.63) is 17.7 Å². The molecule has 1 saturated heterocycles. The van der Waals surface area contributed by atoms with Crippen LogP contribution in [0.15, 0.2) is 12.1 Å². The Kier molecular flexibility index (Phi) is 9.60. The highest BCUT2D eigenvalue weighted by atomic mass is 35.5. The van der Waals surface area contributed by atoms with Gasteiger partial charge in [0.2, 0.25) is 5.75 Å². The van der Waals surface area contributed by atoms with Gasteiger partial charge in [-0.15, -0.1) is 24.8 Å². The molecule has 22 heavy (non-hydrogen) atoms. The second-order valence-corrected chi connectivity index (χ2v) is 4.89. The molecule has 1 aliphatic rings. The van der Waals surface area contributed by atoms with Crippen LogP contribution in [0.1, 0.15) is 18.5 Å². The first kappa shape index (κ1) is 21.1. The monoisotopic (exact) mass is 352 g/mol. The first-order valence-corrected chi connectivity index (χ1v) is 6.96. The lowest BCUT2D eigenvalue weighted by molar-refractivity contribution is 0.181. The molecule has 1 aromatic carbocycles. The maximum atomic E-state index is 5.57. The van der Waals surface area contributed by atoms with E-state index in [1.807, 2.05) is 6.07 Å². The Bertz CT molecular complexity index is 455. The molecule has 0 unspecified atom stereocenters. The maximum Gasteiger partial charge on any atom is 0.203 e. The van der Waals surface area contributed by atoms with Crippen molar-refractivity contribution in [1.29, 1.82) is 0 Å². The fraction of sp³-hybridized carbons (Fsp3) is 0.600. The Morgan fingerprint density at radius 1 is 0.955 bits per heavy atom. The fourth-order valence-electron chi connectivity index (χ4n) is 2.72. The predicted molar refractivity (Wildman–Crippen MR) is 93.5 cm³/mol. The largest absolute Gasteiger partial charge is 0.493 e. The van der Waals surface area contributed by atoms with Gasteiger partial charge in [0.1, 0.15) is 0 Å². The van der Waals surface area contributed by atoms with Gasteiger partial charge in [0.05, 0.1) is 21.3 Å². The van der Waals surface area contributed by atoms with E-state index in [9.17, 15) is 0 Å². The van der Waals surface area contributed by atoms with E-state index in [1.54, 1.807) is 21.3 Å². The summed E-state index contributed by atoms with van der Waals surface area (Å²) in [4.78, 5) is 2.44. The van der Waals surface area contributed by atoms with Crippen molar-refractivity contribution in [3.63, 3.8) is 0 Å². The molecule has 0 spiro atoms. The first-order valence-electron chi connectivity index (χ1n) is 6.96. The summed E-state index contributed by atoms with van der Waals surface area (Å²) in [5.74, 6) is 2.12. The molecule has 1 aromatic rings. The van der Waals surface area contributed by atoms with Crippen LogP contribution in [0.3, 0.4) is 0 Å². The summed E-state index contributed by atoms with van der Waals surface area (Å²) in [7, 11) is 4.95. The summed E-state index contributed by atoms with van der Waals surface area (Å²) in [6.45, 7) is 6.34. The highest BCUT2D eigenvalue weighted by Crippen LogP contribution is 2.43. The summed E-state index contributed by atoms with van der Waals surface area (Å²) in [5.41, 5.74) is 1.13. The lowest BCUT2D eigenvalue weighted by atomic mass is 10.0. The average Bonchev–Trinajstić information content (AvgIpc) is 2.53. The van der Waals surface area contributed by atoms with Crippen LogP contribution in [0.4, 0.5) is 0 Å². The predicted octanol–water partition coefficient (Wildman–Crippen LogP) is 2.52. The summed E-state index contributed by atoms with van der Waals surface area (Å²) in [5, 5.41) is 3.37. The van der Waals surface area contributed by atoms with E-state index in [1.165, 1.54) is 0 Å². The molecule has 0 saturated carbocycles. The number of nitrogens with zero attached hydrogens (tertiary/aromatic N) is 1. The standard InChI is InChI=1S/C15H24N2O3.2ClH/c1-11(17-9-7-16-8-10-17)12-5-6-13(18-2)15(20-4)14(12)19-3;;/h5-6,11,16H,7-10H2,1-4H3;2*1H/t11-;;/m1../s1. The topological polar surface area (TPSA) is 43.0 Å². The van der Waals surface area contributed by atoms with Gasteiger partial charge in [0.15, 0.2) is 11.5 Å². The van der Waals surface area contributed by atoms with E-state index >= 15 is 0 Å². The van der Waals surface area contributed by atoms with Gasteiger partial charge in [-0.3, -0.25) is 4.90 Å². The number of methoxy groups -OCH3 is 3. The number of benzene rings is 1. The number of hydrogen-bond donors (Lipinski definition) is 1. The van der Waals surface area contributed by atoms with Gasteiger partial charge in [-0.2, -0.15) is 0 Å². The minimum atomic E-state index is 0. The zero-order valence-corrected chi connectivity index (χ0v) is 15.2. The van der Waals surface area contributed by atoms with Crippen LogP contribution in [0.5, 0.6) is 17.2 Å². The third-order valence-electron chi connectivity index (χ3n) is 3.88. The molecule has 0 radical (unpaired) electrons. The smallest absolute Gasteiger partial charge is 0.203 e. The van der Waals surface area contributed by atoms with Crippen LogP contribution in [0, 0.1) is 0 Å². The number of hydrogen-bond acceptors (Lipinski definition) is 5. The van der Waals surface area contributed by atoms with Gasteiger partial charge in [-0.05, 0) is 19.1 Å². The van der Waals surface area contributed by atoms with Crippen molar-refractivity contribution in [1.82, 2.24) is 10.2 Å². The summed E-state index contributed by atoms with van der Waals surface area (Å²) < 4.78 is 16.4. The van der Waals surface area contributed by atoms with E-state index in [2.05, 4.69) is 23.2 Å². The van der Waals surface area contributed by atoms with E-state index in [4.69, 9.17) is 14.2 Å². The van der Waals surface area contributed by atoms with Crippen LogP contribution in [-0.2, 0) is 0 Å². The number of halogens is 2. The molecule has 2 rings (SSSR count). The highest BCUT2D eigenvalue weighted by molar-refractivity contribution is 5.85. The average molecular weight is 353 g/mol.